The molecule has 0 atom stereocenters. The van der Waals surface area contributed by atoms with Gasteiger partial charge in [-0.25, -0.2) is 13.8 Å². The molecule has 0 spiro atoms. The van der Waals surface area contributed by atoms with Crippen molar-refractivity contribution < 1.29 is 13.6 Å². The molecule has 8 heteroatoms. The van der Waals surface area contributed by atoms with E-state index in [9.17, 15) is 13.6 Å². The Bertz CT molecular complexity index is 1050. The van der Waals surface area contributed by atoms with Crippen LogP contribution in [0.1, 0.15) is 41.5 Å². The number of fused-ring (bicyclic) bond motifs is 1. The summed E-state index contributed by atoms with van der Waals surface area (Å²) < 4.78 is 28.4. The van der Waals surface area contributed by atoms with Crippen LogP contribution in [0.4, 0.5) is 14.5 Å². The number of nitrogens with zero attached hydrogens (tertiary/aromatic N) is 3. The smallest absolute Gasteiger partial charge is 0.270 e. The average Bonchev–Trinajstić information content (AvgIpc) is 3.10. The van der Waals surface area contributed by atoms with Gasteiger partial charge in [0.1, 0.15) is 11.3 Å². The summed E-state index contributed by atoms with van der Waals surface area (Å²) in [6.07, 6.45) is 2.14. The Morgan fingerprint density at radius 2 is 1.90 bits per heavy atom. The van der Waals surface area contributed by atoms with E-state index in [0.717, 1.165) is 11.3 Å². The number of carbonyl (C=O) groups excluding carboxylic acids is 1. The van der Waals surface area contributed by atoms with Gasteiger partial charge < -0.3 is 10.2 Å². The molecule has 3 heterocycles. The average molecular weight is 433 g/mol. The normalized spacial score (nSPS) is 16.1. The van der Waals surface area contributed by atoms with Gasteiger partial charge in [0.2, 0.25) is 0 Å². The van der Waals surface area contributed by atoms with Gasteiger partial charge in [0, 0.05) is 55.4 Å². The van der Waals surface area contributed by atoms with Crippen LogP contribution < -0.4 is 10.2 Å². The SMILES string of the molecule is CCc1nc2cc(Cl)ccn2c1C(=O)NCc1ccc(N2CCC(F)(F)CC2)cc1. The van der Waals surface area contributed by atoms with Gasteiger partial charge in [0.05, 0.1) is 5.69 Å². The number of halogens is 3. The Labute approximate surface area is 178 Å². The third-order valence-corrected chi connectivity index (χ3v) is 5.69. The van der Waals surface area contributed by atoms with Crippen molar-refractivity contribution in [3.8, 4) is 0 Å². The van der Waals surface area contributed by atoms with E-state index in [1.54, 1.807) is 22.7 Å². The summed E-state index contributed by atoms with van der Waals surface area (Å²) in [5.74, 6) is -2.76. The molecule has 0 radical (unpaired) electrons. The van der Waals surface area contributed by atoms with Crippen molar-refractivity contribution in [2.24, 2.45) is 0 Å². The number of imidazole rings is 1. The Morgan fingerprint density at radius 1 is 1.20 bits per heavy atom. The molecule has 1 aliphatic heterocycles. The van der Waals surface area contributed by atoms with Gasteiger partial charge in [-0.3, -0.25) is 9.20 Å². The van der Waals surface area contributed by atoms with Crippen molar-refractivity contribution in [1.82, 2.24) is 14.7 Å². The van der Waals surface area contributed by atoms with E-state index in [4.69, 9.17) is 11.6 Å². The van der Waals surface area contributed by atoms with E-state index in [1.165, 1.54) is 0 Å². The lowest BCUT2D eigenvalue weighted by Crippen LogP contribution is -2.39. The van der Waals surface area contributed by atoms with Gasteiger partial charge >= 0.3 is 0 Å². The second-order valence-corrected chi connectivity index (χ2v) is 7.96. The van der Waals surface area contributed by atoms with Crippen LogP contribution in [0.2, 0.25) is 5.02 Å². The topological polar surface area (TPSA) is 49.6 Å². The number of rotatable bonds is 5. The molecule has 0 bridgehead atoms. The van der Waals surface area contributed by atoms with Crippen LogP contribution in [-0.4, -0.2) is 34.3 Å². The fraction of sp³-hybridized carbons (Fsp3) is 0.364. The quantitative estimate of drug-likeness (QED) is 0.635. The van der Waals surface area contributed by atoms with Crippen LogP contribution in [0.15, 0.2) is 42.6 Å². The van der Waals surface area contributed by atoms with Crippen LogP contribution >= 0.6 is 11.6 Å². The molecular formula is C22H23ClF2N4O. The van der Waals surface area contributed by atoms with Gasteiger partial charge in [0.15, 0.2) is 0 Å². The summed E-state index contributed by atoms with van der Waals surface area (Å²) in [6, 6.07) is 11.1. The number of pyridine rings is 1. The number of aromatic nitrogens is 2. The number of hydrogen-bond acceptors (Lipinski definition) is 3. The van der Waals surface area contributed by atoms with Gasteiger partial charge in [-0.05, 0) is 30.2 Å². The van der Waals surface area contributed by atoms with Crippen LogP contribution in [0, 0.1) is 0 Å². The molecule has 5 nitrogen and oxygen atoms in total. The van der Waals surface area contributed by atoms with E-state index in [-0.39, 0.29) is 18.7 Å². The summed E-state index contributed by atoms with van der Waals surface area (Å²) in [7, 11) is 0. The lowest BCUT2D eigenvalue weighted by molar-refractivity contribution is -0.0220. The predicted molar refractivity (Wildman–Crippen MR) is 114 cm³/mol. The van der Waals surface area contributed by atoms with E-state index in [1.807, 2.05) is 36.1 Å². The molecule has 158 valence electrons. The molecule has 3 aromatic rings. The Hall–Kier alpha value is -2.67. The zero-order valence-corrected chi connectivity index (χ0v) is 17.4. The van der Waals surface area contributed by atoms with E-state index in [0.29, 0.717) is 48.1 Å². The Kier molecular flexibility index (Phi) is 5.64. The number of aryl methyl sites for hydroxylation is 1. The number of alkyl halides is 2. The van der Waals surface area contributed by atoms with Crippen molar-refractivity contribution in [3.63, 3.8) is 0 Å². The molecular weight excluding hydrogens is 410 g/mol. The van der Waals surface area contributed by atoms with Crippen molar-refractivity contribution >= 4 is 28.8 Å². The van der Waals surface area contributed by atoms with Gasteiger partial charge in [-0.1, -0.05) is 30.7 Å². The minimum Gasteiger partial charge on any atom is -0.371 e. The summed E-state index contributed by atoms with van der Waals surface area (Å²) in [5, 5.41) is 3.52. The third-order valence-electron chi connectivity index (χ3n) is 5.46. The largest absolute Gasteiger partial charge is 0.371 e. The molecule has 1 N–H and O–H groups in total. The molecule has 1 amide bonds. The number of anilines is 1. The number of hydrogen-bond donors (Lipinski definition) is 1. The Balaban J connectivity index is 1.43. The molecule has 1 saturated heterocycles. The highest BCUT2D eigenvalue weighted by Gasteiger charge is 2.33. The summed E-state index contributed by atoms with van der Waals surface area (Å²) in [5.41, 5.74) is 3.72. The van der Waals surface area contributed by atoms with E-state index >= 15 is 0 Å². The van der Waals surface area contributed by atoms with Crippen LogP contribution in [0.3, 0.4) is 0 Å². The zero-order chi connectivity index (χ0) is 21.3. The predicted octanol–water partition coefficient (Wildman–Crippen LogP) is 4.72. The molecule has 4 rings (SSSR count). The maximum Gasteiger partial charge on any atom is 0.270 e. The first kappa shape index (κ1) is 20.6. The fourth-order valence-corrected chi connectivity index (χ4v) is 3.89. The standard InChI is InChI=1S/C22H23ClF2N4O/c1-2-18-20(29-10-7-16(23)13-19(29)27-18)21(30)26-14-15-3-5-17(6-4-15)28-11-8-22(24,25)9-12-28/h3-7,10,13H,2,8-9,11-12,14H2,1H3,(H,26,30). The van der Waals surface area contributed by atoms with Gasteiger partial charge in [-0.15, -0.1) is 0 Å². The monoisotopic (exact) mass is 432 g/mol. The molecule has 0 unspecified atom stereocenters. The first-order valence-corrected chi connectivity index (χ1v) is 10.4. The molecule has 30 heavy (non-hydrogen) atoms. The maximum absolute atomic E-state index is 13.3. The van der Waals surface area contributed by atoms with Gasteiger partial charge in [-0.2, -0.15) is 0 Å². The summed E-state index contributed by atoms with van der Waals surface area (Å²) in [6.45, 7) is 3.01. The highest BCUT2D eigenvalue weighted by molar-refractivity contribution is 6.30. The maximum atomic E-state index is 13.3. The second-order valence-electron chi connectivity index (χ2n) is 7.53. The molecule has 1 aromatic carbocycles. The van der Waals surface area contributed by atoms with E-state index < -0.39 is 5.92 Å². The molecule has 0 aliphatic carbocycles. The lowest BCUT2D eigenvalue weighted by Gasteiger charge is -2.33. The second kappa shape index (κ2) is 8.22. The molecule has 2 aromatic heterocycles. The summed E-state index contributed by atoms with van der Waals surface area (Å²) in [4.78, 5) is 19.3. The first-order valence-electron chi connectivity index (χ1n) is 10.0. The molecule has 1 fully saturated rings. The first-order chi connectivity index (χ1) is 14.4. The fourth-order valence-electron chi connectivity index (χ4n) is 3.74. The number of nitrogens with one attached hydrogen (secondary N) is 1. The van der Waals surface area contributed by atoms with Crippen LogP contribution in [0.5, 0.6) is 0 Å². The van der Waals surface area contributed by atoms with Crippen LogP contribution in [-0.2, 0) is 13.0 Å². The summed E-state index contributed by atoms with van der Waals surface area (Å²) >= 11 is 6.03. The number of benzene rings is 1. The number of piperidine rings is 1. The minimum atomic E-state index is -2.55. The third kappa shape index (κ3) is 4.26. The van der Waals surface area contributed by atoms with Crippen molar-refractivity contribution in [3.05, 3.63) is 64.6 Å². The molecule has 1 aliphatic rings. The number of amides is 1. The van der Waals surface area contributed by atoms with Crippen molar-refractivity contribution in [2.75, 3.05) is 18.0 Å². The van der Waals surface area contributed by atoms with Crippen molar-refractivity contribution in [2.45, 2.75) is 38.7 Å². The highest BCUT2D eigenvalue weighted by atomic mass is 35.5. The van der Waals surface area contributed by atoms with Crippen molar-refractivity contribution in [1.29, 1.82) is 0 Å². The van der Waals surface area contributed by atoms with Gasteiger partial charge in [0.25, 0.3) is 11.8 Å². The minimum absolute atomic E-state index is 0.116. The van der Waals surface area contributed by atoms with Crippen LogP contribution in [0.25, 0.3) is 5.65 Å². The highest BCUT2D eigenvalue weighted by Crippen LogP contribution is 2.30. The lowest BCUT2D eigenvalue weighted by atomic mass is 10.1. The number of carbonyl (C=O) groups is 1. The zero-order valence-electron chi connectivity index (χ0n) is 16.7. The Morgan fingerprint density at radius 3 is 2.57 bits per heavy atom. The molecule has 0 saturated carbocycles. The van der Waals surface area contributed by atoms with E-state index in [2.05, 4.69) is 10.3 Å².